The molecular weight excluding hydrogens is 462 g/mol. The minimum atomic E-state index is -0.242. The zero-order chi connectivity index (χ0) is 24.6. The van der Waals surface area contributed by atoms with E-state index in [0.717, 1.165) is 22.6 Å². The summed E-state index contributed by atoms with van der Waals surface area (Å²) in [5, 5.41) is 9.00. The third kappa shape index (κ3) is 6.22. The fourth-order valence-corrected chi connectivity index (χ4v) is 4.14. The third-order valence-electron chi connectivity index (χ3n) is 5.55. The van der Waals surface area contributed by atoms with Gasteiger partial charge in [0.15, 0.2) is 6.61 Å². The van der Waals surface area contributed by atoms with Crippen LogP contribution < -0.4 is 14.8 Å². The average Bonchev–Trinajstić information content (AvgIpc) is 3.34. The minimum Gasteiger partial charge on any atom is -0.497 e. The molecule has 0 aliphatic carbocycles. The Kier molecular flexibility index (Phi) is 8.05. The summed E-state index contributed by atoms with van der Waals surface area (Å²) in [5.74, 6) is 1.38. The van der Waals surface area contributed by atoms with Gasteiger partial charge in [-0.15, -0.1) is 0 Å². The molecule has 0 aromatic heterocycles. The van der Waals surface area contributed by atoms with E-state index in [2.05, 4.69) is 10.4 Å². The van der Waals surface area contributed by atoms with Gasteiger partial charge in [-0.05, 0) is 53.8 Å². The molecule has 4 rings (SSSR count). The third-order valence-corrected chi connectivity index (χ3v) is 6.10. The van der Waals surface area contributed by atoms with Crippen LogP contribution in [0.1, 0.15) is 23.6 Å². The molecule has 3 aromatic rings. The second-order valence-electron chi connectivity index (χ2n) is 7.94. The molecule has 0 bridgehead atoms. The SMILES string of the molecule is COc1ccc(C2CC(c3ccccc3)=NN2C(=O)COc2ccc(NC(=O)CSC)cc2)cc1. The van der Waals surface area contributed by atoms with Crippen molar-refractivity contribution in [3.8, 4) is 11.5 Å². The monoisotopic (exact) mass is 489 g/mol. The minimum absolute atomic E-state index is 0.0629. The molecule has 7 nitrogen and oxygen atoms in total. The first-order valence-electron chi connectivity index (χ1n) is 11.2. The van der Waals surface area contributed by atoms with Gasteiger partial charge >= 0.3 is 0 Å². The summed E-state index contributed by atoms with van der Waals surface area (Å²) in [5.41, 5.74) is 3.49. The fraction of sp³-hybridized carbons (Fsp3) is 0.222. The Labute approximate surface area is 209 Å². The molecule has 0 radical (unpaired) electrons. The predicted molar refractivity (Wildman–Crippen MR) is 139 cm³/mol. The van der Waals surface area contributed by atoms with Crippen LogP contribution >= 0.6 is 11.8 Å². The van der Waals surface area contributed by atoms with Crippen molar-refractivity contribution in [1.82, 2.24) is 5.01 Å². The molecule has 3 aromatic carbocycles. The number of amides is 2. The van der Waals surface area contributed by atoms with Gasteiger partial charge < -0.3 is 14.8 Å². The number of hydrazone groups is 1. The van der Waals surface area contributed by atoms with Crippen molar-refractivity contribution < 1.29 is 19.1 Å². The van der Waals surface area contributed by atoms with E-state index >= 15 is 0 Å². The number of nitrogens with one attached hydrogen (secondary N) is 1. The van der Waals surface area contributed by atoms with Crippen LogP contribution in [0.15, 0.2) is 84.0 Å². The van der Waals surface area contributed by atoms with E-state index < -0.39 is 0 Å². The van der Waals surface area contributed by atoms with Gasteiger partial charge in [0.05, 0.1) is 24.6 Å². The second kappa shape index (κ2) is 11.6. The Morgan fingerprint density at radius 1 is 1.00 bits per heavy atom. The van der Waals surface area contributed by atoms with Crippen LogP contribution in [0.3, 0.4) is 0 Å². The van der Waals surface area contributed by atoms with E-state index in [0.29, 0.717) is 23.6 Å². The van der Waals surface area contributed by atoms with Crippen molar-refractivity contribution in [3.63, 3.8) is 0 Å². The van der Waals surface area contributed by atoms with Gasteiger partial charge in [0.2, 0.25) is 5.91 Å². The van der Waals surface area contributed by atoms with Crippen molar-refractivity contribution in [2.24, 2.45) is 5.10 Å². The van der Waals surface area contributed by atoms with E-state index in [9.17, 15) is 9.59 Å². The number of carbonyl (C=O) groups is 2. The first kappa shape index (κ1) is 24.3. The van der Waals surface area contributed by atoms with Crippen LogP contribution in [0.4, 0.5) is 5.69 Å². The molecule has 1 heterocycles. The lowest BCUT2D eigenvalue weighted by Gasteiger charge is -2.22. The number of nitrogens with zero attached hydrogens (tertiary/aromatic N) is 2. The predicted octanol–water partition coefficient (Wildman–Crippen LogP) is 4.75. The Hall–Kier alpha value is -3.78. The summed E-state index contributed by atoms with van der Waals surface area (Å²) < 4.78 is 11.0. The number of ether oxygens (including phenoxy) is 2. The molecule has 0 saturated carbocycles. The number of rotatable bonds is 9. The van der Waals surface area contributed by atoms with Crippen LogP contribution in [-0.2, 0) is 9.59 Å². The molecule has 1 aliphatic heterocycles. The molecule has 1 unspecified atom stereocenters. The number of methoxy groups -OCH3 is 1. The molecule has 1 atom stereocenters. The van der Waals surface area contributed by atoms with Gasteiger partial charge in [-0.25, -0.2) is 5.01 Å². The summed E-state index contributed by atoms with van der Waals surface area (Å²) in [6, 6.07) is 24.3. The summed E-state index contributed by atoms with van der Waals surface area (Å²) in [7, 11) is 1.62. The highest BCUT2D eigenvalue weighted by Gasteiger charge is 2.33. The maximum absolute atomic E-state index is 13.2. The number of carbonyl (C=O) groups excluding carboxylic acids is 2. The molecule has 2 amide bonds. The van der Waals surface area contributed by atoms with E-state index in [1.807, 2.05) is 60.9 Å². The van der Waals surface area contributed by atoms with E-state index in [4.69, 9.17) is 9.47 Å². The lowest BCUT2D eigenvalue weighted by Crippen LogP contribution is -2.31. The maximum Gasteiger partial charge on any atom is 0.281 e. The van der Waals surface area contributed by atoms with Crippen LogP contribution in [0, 0.1) is 0 Å². The molecule has 180 valence electrons. The van der Waals surface area contributed by atoms with Gasteiger partial charge in [0.1, 0.15) is 11.5 Å². The topological polar surface area (TPSA) is 80.2 Å². The first-order chi connectivity index (χ1) is 17.1. The van der Waals surface area contributed by atoms with Crippen LogP contribution in [0.2, 0.25) is 0 Å². The number of benzene rings is 3. The molecule has 8 heteroatoms. The van der Waals surface area contributed by atoms with Crippen molar-refractivity contribution >= 4 is 35.0 Å². The lowest BCUT2D eigenvalue weighted by atomic mass is 9.98. The van der Waals surface area contributed by atoms with Gasteiger partial charge in [0.25, 0.3) is 5.91 Å². The maximum atomic E-state index is 13.2. The van der Waals surface area contributed by atoms with Gasteiger partial charge in [-0.2, -0.15) is 16.9 Å². The zero-order valence-electron chi connectivity index (χ0n) is 19.6. The average molecular weight is 490 g/mol. The summed E-state index contributed by atoms with van der Waals surface area (Å²) >= 11 is 1.46. The van der Waals surface area contributed by atoms with Crippen LogP contribution in [-0.4, -0.2) is 48.3 Å². The molecule has 1 aliphatic rings. The quantitative estimate of drug-likeness (QED) is 0.469. The smallest absolute Gasteiger partial charge is 0.281 e. The molecule has 0 spiro atoms. The molecule has 0 saturated heterocycles. The molecular formula is C27H27N3O4S. The van der Waals surface area contributed by atoms with Crippen molar-refractivity contribution in [1.29, 1.82) is 0 Å². The number of anilines is 1. The number of hydrogen-bond donors (Lipinski definition) is 1. The molecule has 1 N–H and O–H groups in total. The summed E-state index contributed by atoms with van der Waals surface area (Å²) in [4.78, 5) is 24.9. The highest BCUT2D eigenvalue weighted by atomic mass is 32.2. The standard InChI is InChI=1S/C27H27N3O4S/c1-33-22-12-8-20(9-13-22)25-16-24(19-6-4-3-5-7-19)29-30(25)27(32)17-34-23-14-10-21(11-15-23)28-26(31)18-35-2/h3-15,25H,16-18H2,1-2H3,(H,28,31). The first-order valence-corrected chi connectivity index (χ1v) is 12.6. The lowest BCUT2D eigenvalue weighted by molar-refractivity contribution is -0.135. The van der Waals surface area contributed by atoms with E-state index in [1.54, 1.807) is 31.4 Å². The van der Waals surface area contributed by atoms with Crippen molar-refractivity contribution in [2.45, 2.75) is 12.5 Å². The van der Waals surface area contributed by atoms with Gasteiger partial charge in [-0.3, -0.25) is 9.59 Å². The molecule has 0 fully saturated rings. The normalized spacial score (nSPS) is 14.9. The fourth-order valence-electron chi connectivity index (χ4n) is 3.80. The summed E-state index contributed by atoms with van der Waals surface area (Å²) in [6.45, 7) is -0.156. The van der Waals surface area contributed by atoms with Crippen molar-refractivity contribution in [3.05, 3.63) is 90.0 Å². The Morgan fingerprint density at radius 2 is 1.69 bits per heavy atom. The largest absolute Gasteiger partial charge is 0.497 e. The van der Waals surface area contributed by atoms with Crippen molar-refractivity contribution in [2.75, 3.05) is 31.0 Å². The van der Waals surface area contributed by atoms with E-state index in [-0.39, 0.29) is 24.5 Å². The highest BCUT2D eigenvalue weighted by molar-refractivity contribution is 7.99. The van der Waals surface area contributed by atoms with Crippen LogP contribution in [0.25, 0.3) is 0 Å². The second-order valence-corrected chi connectivity index (χ2v) is 8.80. The number of thioether (sulfide) groups is 1. The van der Waals surface area contributed by atoms with Gasteiger partial charge in [0, 0.05) is 12.1 Å². The Bertz CT molecular complexity index is 1180. The Morgan fingerprint density at radius 3 is 2.34 bits per heavy atom. The highest BCUT2D eigenvalue weighted by Crippen LogP contribution is 2.33. The summed E-state index contributed by atoms with van der Waals surface area (Å²) in [6.07, 6.45) is 2.48. The zero-order valence-corrected chi connectivity index (χ0v) is 20.5. The molecule has 35 heavy (non-hydrogen) atoms. The van der Waals surface area contributed by atoms with Crippen LogP contribution in [0.5, 0.6) is 11.5 Å². The Balaban J connectivity index is 1.46. The van der Waals surface area contributed by atoms with E-state index in [1.165, 1.54) is 16.8 Å². The number of hydrogen-bond acceptors (Lipinski definition) is 6. The van der Waals surface area contributed by atoms with Gasteiger partial charge in [-0.1, -0.05) is 42.5 Å².